The fourth-order valence-electron chi connectivity index (χ4n) is 7.93. The van der Waals surface area contributed by atoms with Gasteiger partial charge in [0.25, 0.3) is 0 Å². The molecular weight excluding hydrogens is 611 g/mol. The first-order valence-electron chi connectivity index (χ1n) is 16.9. The number of hydrogen-bond acceptors (Lipinski definition) is 3. The molecule has 0 amide bonds. The predicted molar refractivity (Wildman–Crippen MR) is 207 cm³/mol. The summed E-state index contributed by atoms with van der Waals surface area (Å²) in [6.07, 6.45) is 0. The van der Waals surface area contributed by atoms with Gasteiger partial charge in [0.2, 0.25) is 0 Å². The lowest BCUT2D eigenvalue weighted by Gasteiger charge is -2.13. The van der Waals surface area contributed by atoms with E-state index in [1.165, 1.54) is 26.9 Å². The number of nitrogens with zero attached hydrogens (tertiary/aromatic N) is 3. The van der Waals surface area contributed by atoms with E-state index >= 15 is 0 Å². The minimum absolute atomic E-state index is 0.627. The van der Waals surface area contributed by atoms with Crippen molar-refractivity contribution in [1.29, 1.82) is 0 Å². The zero-order valence-corrected chi connectivity index (χ0v) is 26.8. The Hall–Kier alpha value is -6.78. The lowest BCUT2D eigenvalue weighted by molar-refractivity contribution is 0.670. The van der Waals surface area contributed by atoms with Crippen LogP contribution in [0.2, 0.25) is 0 Å². The van der Waals surface area contributed by atoms with E-state index in [1.807, 2.05) is 6.07 Å². The van der Waals surface area contributed by atoms with E-state index in [0.717, 1.165) is 71.8 Å². The molecule has 0 unspecified atom stereocenters. The van der Waals surface area contributed by atoms with Gasteiger partial charge in [-0.15, -0.1) is 0 Å². The summed E-state index contributed by atoms with van der Waals surface area (Å²) in [6, 6.07) is 57.7. The summed E-state index contributed by atoms with van der Waals surface area (Å²) in [4.78, 5) is 10.6. The average Bonchev–Trinajstić information content (AvgIpc) is 3.72. The molecule has 0 atom stereocenters. The first-order chi connectivity index (χ1) is 24.8. The fraction of sp³-hybridized carbons (Fsp3) is 0. The van der Waals surface area contributed by atoms with Gasteiger partial charge < -0.3 is 4.42 Å². The van der Waals surface area contributed by atoms with Crippen LogP contribution in [0.3, 0.4) is 0 Å². The maximum atomic E-state index is 6.85. The highest BCUT2D eigenvalue weighted by Gasteiger charge is 2.22. The monoisotopic (exact) mass is 637 g/mol. The summed E-state index contributed by atoms with van der Waals surface area (Å²) in [5.41, 5.74) is 7.90. The first kappa shape index (κ1) is 27.2. The minimum atomic E-state index is 0.627. The minimum Gasteiger partial charge on any atom is -0.455 e. The van der Waals surface area contributed by atoms with Crippen molar-refractivity contribution >= 4 is 76.2 Å². The molecule has 11 rings (SSSR count). The number of benzene rings is 8. The SMILES string of the molecule is c1ccc(-c2cc3oc4c(-c5nc(-n6c7ccccc7c7cc8ccccc8cc76)c6ccccc6n5)cccc4c3c3ccccc23)cc1. The molecule has 4 nitrogen and oxygen atoms in total. The van der Waals surface area contributed by atoms with Crippen molar-refractivity contribution in [3.63, 3.8) is 0 Å². The van der Waals surface area contributed by atoms with Crippen LogP contribution in [-0.2, 0) is 0 Å². The molecule has 0 aliphatic heterocycles. The van der Waals surface area contributed by atoms with Crippen molar-refractivity contribution in [2.45, 2.75) is 0 Å². The highest BCUT2D eigenvalue weighted by molar-refractivity contribution is 6.23. The van der Waals surface area contributed by atoms with E-state index in [-0.39, 0.29) is 0 Å². The summed E-state index contributed by atoms with van der Waals surface area (Å²) >= 11 is 0. The molecule has 0 bridgehead atoms. The highest BCUT2D eigenvalue weighted by Crippen LogP contribution is 2.43. The number of fused-ring (bicyclic) bond motifs is 10. The third-order valence-corrected chi connectivity index (χ3v) is 10.2. The Labute approximate surface area is 286 Å². The number of hydrogen-bond donors (Lipinski definition) is 0. The van der Waals surface area contributed by atoms with Gasteiger partial charge in [-0.1, -0.05) is 121 Å². The van der Waals surface area contributed by atoms with Crippen LogP contribution in [-0.4, -0.2) is 14.5 Å². The molecule has 3 heterocycles. The summed E-state index contributed by atoms with van der Waals surface area (Å²) < 4.78 is 9.16. The van der Waals surface area contributed by atoms with E-state index < -0.39 is 0 Å². The van der Waals surface area contributed by atoms with Crippen LogP contribution in [0.15, 0.2) is 168 Å². The molecule has 0 fully saturated rings. The third-order valence-electron chi connectivity index (χ3n) is 10.2. The zero-order valence-electron chi connectivity index (χ0n) is 26.8. The van der Waals surface area contributed by atoms with Crippen LogP contribution in [0.5, 0.6) is 0 Å². The highest BCUT2D eigenvalue weighted by atomic mass is 16.3. The van der Waals surface area contributed by atoms with Crippen LogP contribution < -0.4 is 0 Å². The molecule has 3 aromatic heterocycles. The summed E-state index contributed by atoms with van der Waals surface area (Å²) in [7, 11) is 0. The summed E-state index contributed by atoms with van der Waals surface area (Å²) in [6.45, 7) is 0. The second kappa shape index (κ2) is 10.4. The molecule has 0 spiro atoms. The van der Waals surface area contributed by atoms with Crippen molar-refractivity contribution in [3.8, 4) is 28.3 Å². The van der Waals surface area contributed by atoms with Gasteiger partial charge in [-0.25, -0.2) is 9.97 Å². The molecular formula is C46H27N3O. The van der Waals surface area contributed by atoms with Gasteiger partial charge in [-0.05, 0) is 75.1 Å². The Morgan fingerprint density at radius 2 is 1.12 bits per heavy atom. The van der Waals surface area contributed by atoms with Crippen LogP contribution in [0.1, 0.15) is 0 Å². The number of para-hydroxylation sites is 3. The van der Waals surface area contributed by atoms with Crippen molar-refractivity contribution < 1.29 is 4.42 Å². The lowest BCUT2D eigenvalue weighted by Crippen LogP contribution is -2.02. The van der Waals surface area contributed by atoms with Crippen LogP contribution in [0.4, 0.5) is 0 Å². The zero-order chi connectivity index (χ0) is 32.8. The maximum Gasteiger partial charge on any atom is 0.165 e. The molecule has 232 valence electrons. The summed E-state index contributed by atoms with van der Waals surface area (Å²) in [5, 5.41) is 10.3. The lowest BCUT2D eigenvalue weighted by atomic mass is 9.95. The number of aromatic nitrogens is 3. The van der Waals surface area contributed by atoms with Gasteiger partial charge in [0, 0.05) is 26.9 Å². The second-order valence-electron chi connectivity index (χ2n) is 13.0. The molecule has 0 saturated heterocycles. The van der Waals surface area contributed by atoms with E-state index in [4.69, 9.17) is 14.4 Å². The molecule has 8 aromatic carbocycles. The topological polar surface area (TPSA) is 43.9 Å². The maximum absolute atomic E-state index is 6.85. The molecule has 0 aliphatic rings. The normalized spacial score (nSPS) is 12.0. The van der Waals surface area contributed by atoms with Gasteiger partial charge in [0.05, 0.1) is 22.1 Å². The van der Waals surface area contributed by atoms with Crippen LogP contribution in [0, 0.1) is 0 Å². The van der Waals surface area contributed by atoms with Gasteiger partial charge >= 0.3 is 0 Å². The molecule has 0 N–H and O–H groups in total. The molecule has 0 saturated carbocycles. The van der Waals surface area contributed by atoms with Gasteiger partial charge in [0.15, 0.2) is 5.82 Å². The third kappa shape index (κ3) is 3.87. The number of rotatable bonds is 3. The van der Waals surface area contributed by atoms with E-state index in [1.54, 1.807) is 0 Å². The Bertz CT molecular complexity index is 3150. The molecule has 50 heavy (non-hydrogen) atoms. The van der Waals surface area contributed by atoms with Gasteiger partial charge in [-0.3, -0.25) is 4.57 Å². The fourth-order valence-corrected chi connectivity index (χ4v) is 7.93. The van der Waals surface area contributed by atoms with Crippen molar-refractivity contribution in [2.75, 3.05) is 0 Å². The molecule has 0 radical (unpaired) electrons. The Balaban J connectivity index is 1.22. The Kier molecular flexibility index (Phi) is 5.63. The Morgan fingerprint density at radius 3 is 1.98 bits per heavy atom. The standard InChI is InChI=1S/C46H27N3O/c1-2-13-28(14-3-1)37-27-42-43(33-19-7-6-17-31(33)37)35-21-12-22-36(44(35)50-42)45-47-39-23-10-8-20-34(39)46(48-45)49-40-24-11-9-18-32(40)38-25-29-15-4-5-16-30(29)26-41(38)49/h1-27H. The van der Waals surface area contributed by atoms with E-state index in [2.05, 4.69) is 162 Å². The van der Waals surface area contributed by atoms with Crippen LogP contribution >= 0.6 is 0 Å². The second-order valence-corrected chi connectivity index (χ2v) is 13.0. The largest absolute Gasteiger partial charge is 0.455 e. The molecule has 4 heteroatoms. The van der Waals surface area contributed by atoms with Gasteiger partial charge in [-0.2, -0.15) is 0 Å². The Morgan fingerprint density at radius 1 is 0.440 bits per heavy atom. The number of furan rings is 1. The predicted octanol–water partition coefficient (Wildman–Crippen LogP) is 12.3. The van der Waals surface area contributed by atoms with E-state index in [9.17, 15) is 0 Å². The first-order valence-corrected chi connectivity index (χ1v) is 16.9. The average molecular weight is 638 g/mol. The van der Waals surface area contributed by atoms with Crippen molar-refractivity contribution in [1.82, 2.24) is 14.5 Å². The van der Waals surface area contributed by atoms with E-state index in [0.29, 0.717) is 5.82 Å². The quantitative estimate of drug-likeness (QED) is 0.194. The van der Waals surface area contributed by atoms with Gasteiger partial charge in [0.1, 0.15) is 17.0 Å². The van der Waals surface area contributed by atoms with Crippen molar-refractivity contribution in [3.05, 3.63) is 164 Å². The summed E-state index contributed by atoms with van der Waals surface area (Å²) in [5.74, 6) is 1.47. The molecule has 11 aromatic rings. The smallest absolute Gasteiger partial charge is 0.165 e. The van der Waals surface area contributed by atoms with Crippen molar-refractivity contribution in [2.24, 2.45) is 0 Å². The van der Waals surface area contributed by atoms with Crippen LogP contribution in [0.25, 0.3) is 105 Å². The molecule has 0 aliphatic carbocycles.